The van der Waals surface area contributed by atoms with Gasteiger partial charge in [-0.15, -0.1) is 0 Å². The van der Waals surface area contributed by atoms with Gasteiger partial charge in [-0.25, -0.2) is 0 Å². The number of ether oxygens (including phenoxy) is 3. The van der Waals surface area contributed by atoms with Crippen LogP contribution in [-0.2, 0) is 20.9 Å². The van der Waals surface area contributed by atoms with Crippen LogP contribution >= 0.6 is 12.2 Å². The van der Waals surface area contributed by atoms with Gasteiger partial charge in [0.25, 0.3) is 0 Å². The SMILES string of the molecule is C=C1NC(=S)N[C@@H](c2ccc(OC)c(COCC)c2)[C@@H]1C(=O)OCC. The summed E-state index contributed by atoms with van der Waals surface area (Å²) >= 11 is 5.23. The summed E-state index contributed by atoms with van der Waals surface area (Å²) in [6.07, 6.45) is 0. The minimum atomic E-state index is -0.583. The second-order valence-corrected chi connectivity index (χ2v) is 5.95. The van der Waals surface area contributed by atoms with Crippen LogP contribution in [-0.4, -0.2) is 31.4 Å². The van der Waals surface area contributed by atoms with Crippen LogP contribution in [0.3, 0.4) is 0 Å². The number of benzene rings is 1. The smallest absolute Gasteiger partial charge is 0.317 e. The van der Waals surface area contributed by atoms with Crippen molar-refractivity contribution >= 4 is 23.3 Å². The topological polar surface area (TPSA) is 68.8 Å². The largest absolute Gasteiger partial charge is 0.496 e. The number of carbonyl (C=O) groups excluding carboxylic acids is 1. The van der Waals surface area contributed by atoms with Crippen LogP contribution in [0.1, 0.15) is 31.0 Å². The van der Waals surface area contributed by atoms with E-state index in [0.717, 1.165) is 16.9 Å². The highest BCUT2D eigenvalue weighted by molar-refractivity contribution is 7.80. The molecule has 1 aliphatic rings. The van der Waals surface area contributed by atoms with E-state index in [2.05, 4.69) is 17.2 Å². The molecule has 7 heteroatoms. The first-order valence-corrected chi connectivity index (χ1v) is 8.60. The third kappa shape index (κ3) is 4.49. The average molecular weight is 364 g/mol. The number of hydrogen-bond donors (Lipinski definition) is 2. The van der Waals surface area contributed by atoms with Crippen molar-refractivity contribution in [2.45, 2.75) is 26.5 Å². The number of hydrogen-bond acceptors (Lipinski definition) is 5. The molecular weight excluding hydrogens is 340 g/mol. The number of esters is 1. The van der Waals surface area contributed by atoms with Crippen molar-refractivity contribution in [3.63, 3.8) is 0 Å². The zero-order valence-electron chi connectivity index (χ0n) is 14.8. The lowest BCUT2D eigenvalue weighted by Gasteiger charge is -2.35. The van der Waals surface area contributed by atoms with E-state index in [0.29, 0.717) is 30.6 Å². The summed E-state index contributed by atoms with van der Waals surface area (Å²) in [4.78, 5) is 12.4. The monoisotopic (exact) mass is 364 g/mol. The standard InChI is InChI=1S/C18H24N2O4S/c1-5-23-10-13-9-12(7-8-14(13)22-4)16-15(17(21)24-6-2)11(3)19-18(25)20-16/h7-9,15-16H,3,5-6,10H2,1-2,4H3,(H2,19,20,25)/t15-,16+/m1/s1. The molecule has 1 aliphatic heterocycles. The molecule has 0 spiro atoms. The highest BCUT2D eigenvalue weighted by Gasteiger charge is 2.37. The Balaban J connectivity index is 2.38. The van der Waals surface area contributed by atoms with Gasteiger partial charge in [-0.2, -0.15) is 0 Å². The van der Waals surface area contributed by atoms with Gasteiger partial charge in [0.05, 0.1) is 26.4 Å². The van der Waals surface area contributed by atoms with E-state index in [1.165, 1.54) is 0 Å². The molecule has 0 unspecified atom stereocenters. The molecule has 1 fully saturated rings. The van der Waals surface area contributed by atoms with E-state index < -0.39 is 5.92 Å². The Hall–Kier alpha value is -2.12. The number of nitrogens with one attached hydrogen (secondary N) is 2. The Bertz CT molecular complexity index is 662. The molecule has 25 heavy (non-hydrogen) atoms. The second-order valence-electron chi connectivity index (χ2n) is 5.54. The van der Waals surface area contributed by atoms with Gasteiger partial charge in [0, 0.05) is 17.9 Å². The van der Waals surface area contributed by atoms with Gasteiger partial charge < -0.3 is 24.8 Å². The average Bonchev–Trinajstić information content (AvgIpc) is 2.59. The fourth-order valence-corrected chi connectivity index (χ4v) is 3.05. The highest BCUT2D eigenvalue weighted by Crippen LogP contribution is 2.33. The van der Waals surface area contributed by atoms with Crippen LogP contribution < -0.4 is 15.4 Å². The molecule has 0 saturated carbocycles. The highest BCUT2D eigenvalue weighted by atomic mass is 32.1. The van der Waals surface area contributed by atoms with Crippen molar-refractivity contribution in [3.8, 4) is 5.75 Å². The summed E-state index contributed by atoms with van der Waals surface area (Å²) in [5, 5.41) is 6.49. The second kappa shape index (κ2) is 8.82. The van der Waals surface area contributed by atoms with Crippen molar-refractivity contribution in [3.05, 3.63) is 41.6 Å². The van der Waals surface area contributed by atoms with Gasteiger partial charge in [-0.05, 0) is 43.8 Å². The lowest BCUT2D eigenvalue weighted by Crippen LogP contribution is -2.51. The first-order valence-electron chi connectivity index (χ1n) is 8.19. The van der Waals surface area contributed by atoms with Gasteiger partial charge in [0.2, 0.25) is 0 Å². The van der Waals surface area contributed by atoms with Crippen LogP contribution in [0, 0.1) is 5.92 Å². The van der Waals surface area contributed by atoms with E-state index >= 15 is 0 Å². The molecule has 6 nitrogen and oxygen atoms in total. The molecule has 0 aliphatic carbocycles. The van der Waals surface area contributed by atoms with Crippen molar-refractivity contribution in [2.24, 2.45) is 5.92 Å². The van der Waals surface area contributed by atoms with Crippen LogP contribution in [0.5, 0.6) is 5.75 Å². The number of carbonyl (C=O) groups is 1. The Morgan fingerprint density at radius 3 is 2.72 bits per heavy atom. The molecule has 0 radical (unpaired) electrons. The summed E-state index contributed by atoms with van der Waals surface area (Å²) < 4.78 is 16.1. The predicted molar refractivity (Wildman–Crippen MR) is 99.2 cm³/mol. The summed E-state index contributed by atoms with van der Waals surface area (Å²) in [6.45, 7) is 8.98. The Morgan fingerprint density at radius 1 is 1.32 bits per heavy atom. The Labute approximate surface area is 153 Å². The normalized spacial score (nSPS) is 19.8. The Kier molecular flexibility index (Phi) is 6.78. The van der Waals surface area contributed by atoms with E-state index in [1.54, 1.807) is 14.0 Å². The maximum Gasteiger partial charge on any atom is 0.317 e. The molecule has 2 atom stereocenters. The number of methoxy groups -OCH3 is 1. The summed E-state index contributed by atoms with van der Waals surface area (Å²) in [5.74, 6) is -0.192. The molecule has 0 bridgehead atoms. The first kappa shape index (κ1) is 19.2. The maximum atomic E-state index is 12.4. The molecular formula is C18H24N2O4S. The lowest BCUT2D eigenvalue weighted by atomic mass is 9.88. The molecule has 2 N–H and O–H groups in total. The summed E-state index contributed by atoms with van der Waals surface area (Å²) in [6, 6.07) is 5.35. The fourth-order valence-electron chi connectivity index (χ4n) is 2.79. The van der Waals surface area contributed by atoms with Gasteiger partial charge in [-0.3, -0.25) is 4.79 Å². The fraction of sp³-hybridized carbons (Fsp3) is 0.444. The number of thiocarbonyl (C=S) groups is 1. The zero-order valence-corrected chi connectivity index (χ0v) is 15.6. The van der Waals surface area contributed by atoms with E-state index in [-0.39, 0.29) is 12.0 Å². The van der Waals surface area contributed by atoms with Crippen molar-refractivity contribution in [2.75, 3.05) is 20.3 Å². The molecule has 0 amide bonds. The van der Waals surface area contributed by atoms with Crippen LogP contribution in [0.15, 0.2) is 30.5 Å². The van der Waals surface area contributed by atoms with E-state index in [4.69, 9.17) is 26.4 Å². The van der Waals surface area contributed by atoms with Gasteiger partial charge in [0.1, 0.15) is 11.7 Å². The zero-order chi connectivity index (χ0) is 18.4. The molecule has 0 aromatic heterocycles. The lowest BCUT2D eigenvalue weighted by molar-refractivity contribution is -0.147. The van der Waals surface area contributed by atoms with Gasteiger partial charge >= 0.3 is 5.97 Å². The minimum Gasteiger partial charge on any atom is -0.496 e. The first-order chi connectivity index (χ1) is 12.0. The Morgan fingerprint density at radius 2 is 2.08 bits per heavy atom. The van der Waals surface area contributed by atoms with Crippen molar-refractivity contribution in [1.82, 2.24) is 10.6 Å². The molecule has 1 aromatic carbocycles. The molecule has 1 aromatic rings. The van der Waals surface area contributed by atoms with Crippen LogP contribution in [0.4, 0.5) is 0 Å². The maximum absolute atomic E-state index is 12.4. The van der Waals surface area contributed by atoms with Crippen LogP contribution in [0.2, 0.25) is 0 Å². The summed E-state index contributed by atoms with van der Waals surface area (Å²) in [7, 11) is 1.62. The van der Waals surface area contributed by atoms with Crippen LogP contribution in [0.25, 0.3) is 0 Å². The quantitative estimate of drug-likeness (QED) is 0.569. The number of rotatable bonds is 7. The molecule has 2 rings (SSSR count). The van der Waals surface area contributed by atoms with Crippen molar-refractivity contribution < 1.29 is 19.0 Å². The van der Waals surface area contributed by atoms with Crippen molar-refractivity contribution in [1.29, 1.82) is 0 Å². The third-order valence-electron chi connectivity index (χ3n) is 3.94. The minimum absolute atomic E-state index is 0.304. The van der Waals surface area contributed by atoms with Gasteiger partial charge in [-0.1, -0.05) is 12.6 Å². The van der Waals surface area contributed by atoms with E-state index in [9.17, 15) is 4.79 Å². The predicted octanol–water partition coefficient (Wildman–Crippen LogP) is 2.44. The summed E-state index contributed by atoms with van der Waals surface area (Å²) in [5.41, 5.74) is 2.31. The third-order valence-corrected chi connectivity index (χ3v) is 4.16. The van der Waals surface area contributed by atoms with E-state index in [1.807, 2.05) is 25.1 Å². The molecule has 1 saturated heterocycles. The molecule has 136 valence electrons. The molecule has 1 heterocycles. The van der Waals surface area contributed by atoms with Gasteiger partial charge in [0.15, 0.2) is 5.11 Å².